The molecule has 0 aliphatic carbocycles. The highest BCUT2D eigenvalue weighted by Gasteiger charge is 2.31. The molecule has 6 heteroatoms. The lowest BCUT2D eigenvalue weighted by atomic mass is 9.87. The largest absolute Gasteiger partial charge is 0.320 e. The molecule has 0 saturated heterocycles. The minimum Gasteiger partial charge on any atom is -0.320 e. The molecule has 1 heterocycles. The highest BCUT2D eigenvalue weighted by atomic mass is 35.5. The standard InChI is InChI=1S/C19H14ClFN2OS/c20-16-7-3-1-5-12(16)11-25-19-15(10-22)14(9-18(24)23-19)13-6-2-4-8-17(13)21/h1-8,14H,9,11H2,(H,23,24)/t14-/m1/s1. The lowest BCUT2D eigenvalue weighted by Gasteiger charge is -2.25. The smallest absolute Gasteiger partial charge is 0.225 e. The molecule has 2 aromatic carbocycles. The Bertz CT molecular complexity index is 891. The van der Waals surface area contributed by atoms with E-state index in [0.717, 1.165) is 5.56 Å². The first-order chi connectivity index (χ1) is 12.1. The van der Waals surface area contributed by atoms with Crippen molar-refractivity contribution in [2.45, 2.75) is 18.1 Å². The van der Waals surface area contributed by atoms with E-state index in [9.17, 15) is 14.4 Å². The van der Waals surface area contributed by atoms with E-state index < -0.39 is 11.7 Å². The number of thioether (sulfide) groups is 1. The van der Waals surface area contributed by atoms with Gasteiger partial charge in [0.25, 0.3) is 0 Å². The van der Waals surface area contributed by atoms with Crippen molar-refractivity contribution in [2.75, 3.05) is 0 Å². The maximum Gasteiger partial charge on any atom is 0.225 e. The summed E-state index contributed by atoms with van der Waals surface area (Å²) in [4.78, 5) is 12.1. The molecule has 0 fully saturated rings. The molecule has 1 aliphatic heterocycles. The Morgan fingerprint density at radius 2 is 1.96 bits per heavy atom. The van der Waals surface area contributed by atoms with Crippen molar-refractivity contribution in [3.05, 3.63) is 81.1 Å². The number of nitrogens with zero attached hydrogens (tertiary/aromatic N) is 1. The van der Waals surface area contributed by atoms with Crippen LogP contribution in [0.5, 0.6) is 0 Å². The molecule has 1 atom stereocenters. The first kappa shape index (κ1) is 17.5. The highest BCUT2D eigenvalue weighted by Crippen LogP contribution is 2.38. The summed E-state index contributed by atoms with van der Waals surface area (Å²) in [6.45, 7) is 0. The van der Waals surface area contributed by atoms with Crippen LogP contribution in [0.15, 0.2) is 59.1 Å². The van der Waals surface area contributed by atoms with E-state index in [4.69, 9.17) is 11.6 Å². The van der Waals surface area contributed by atoms with Crippen molar-refractivity contribution in [3.8, 4) is 6.07 Å². The SMILES string of the molecule is N#CC1=C(SCc2ccccc2Cl)NC(=O)C[C@@H]1c1ccccc1F. The van der Waals surface area contributed by atoms with Gasteiger partial charge in [-0.3, -0.25) is 4.79 Å². The Morgan fingerprint density at radius 1 is 1.24 bits per heavy atom. The minimum absolute atomic E-state index is 0.0555. The average molecular weight is 373 g/mol. The summed E-state index contributed by atoms with van der Waals surface area (Å²) in [6, 6.07) is 15.8. The zero-order chi connectivity index (χ0) is 17.8. The summed E-state index contributed by atoms with van der Waals surface area (Å²) in [5, 5.41) is 13.4. The lowest BCUT2D eigenvalue weighted by molar-refractivity contribution is -0.120. The normalized spacial score (nSPS) is 17.2. The monoisotopic (exact) mass is 372 g/mol. The van der Waals surface area contributed by atoms with Gasteiger partial charge >= 0.3 is 0 Å². The summed E-state index contributed by atoms with van der Waals surface area (Å²) >= 11 is 7.48. The van der Waals surface area contributed by atoms with E-state index in [1.54, 1.807) is 24.3 Å². The molecule has 0 bridgehead atoms. The Balaban J connectivity index is 1.92. The lowest BCUT2D eigenvalue weighted by Crippen LogP contribution is -2.31. The number of hydrogen-bond acceptors (Lipinski definition) is 3. The highest BCUT2D eigenvalue weighted by molar-refractivity contribution is 8.02. The molecule has 126 valence electrons. The first-order valence-electron chi connectivity index (χ1n) is 7.65. The number of hydrogen-bond donors (Lipinski definition) is 1. The number of allylic oxidation sites excluding steroid dienone is 1. The van der Waals surface area contributed by atoms with Gasteiger partial charge in [-0.05, 0) is 23.3 Å². The van der Waals surface area contributed by atoms with E-state index in [1.807, 2.05) is 18.2 Å². The number of benzene rings is 2. The molecule has 0 unspecified atom stereocenters. The van der Waals surface area contributed by atoms with Crippen molar-refractivity contribution in [2.24, 2.45) is 0 Å². The quantitative estimate of drug-likeness (QED) is 0.842. The van der Waals surface area contributed by atoms with Crippen LogP contribution in [0.3, 0.4) is 0 Å². The van der Waals surface area contributed by atoms with E-state index >= 15 is 0 Å². The number of halogens is 2. The molecular formula is C19H14ClFN2OS. The molecular weight excluding hydrogens is 359 g/mol. The van der Waals surface area contributed by atoms with Gasteiger partial charge in [-0.15, -0.1) is 11.8 Å². The van der Waals surface area contributed by atoms with Crippen molar-refractivity contribution >= 4 is 29.3 Å². The fraction of sp³-hybridized carbons (Fsp3) is 0.158. The Hall–Kier alpha value is -2.29. The average Bonchev–Trinajstić information content (AvgIpc) is 2.61. The van der Waals surface area contributed by atoms with Gasteiger partial charge in [-0.1, -0.05) is 48.0 Å². The molecule has 2 aromatic rings. The third-order valence-corrected chi connectivity index (χ3v) is 5.40. The van der Waals surface area contributed by atoms with Crippen LogP contribution in [-0.4, -0.2) is 5.91 Å². The molecule has 0 saturated carbocycles. The third-order valence-electron chi connectivity index (χ3n) is 3.97. The Kier molecular flexibility index (Phi) is 5.42. The van der Waals surface area contributed by atoms with Crippen LogP contribution in [-0.2, 0) is 10.5 Å². The van der Waals surface area contributed by atoms with Gasteiger partial charge in [0.05, 0.1) is 16.7 Å². The molecule has 0 aromatic heterocycles. The minimum atomic E-state index is -0.575. The predicted octanol–water partition coefficient (Wildman–Crippen LogP) is 4.75. The van der Waals surface area contributed by atoms with Crippen molar-refractivity contribution in [3.63, 3.8) is 0 Å². The van der Waals surface area contributed by atoms with E-state index in [1.165, 1.54) is 17.8 Å². The number of carbonyl (C=O) groups excluding carboxylic acids is 1. The van der Waals surface area contributed by atoms with Crippen LogP contribution in [0.4, 0.5) is 4.39 Å². The maximum atomic E-state index is 14.2. The zero-order valence-electron chi connectivity index (χ0n) is 13.1. The molecule has 3 rings (SSSR count). The summed E-state index contributed by atoms with van der Waals surface area (Å²) in [5.41, 5.74) is 1.65. The number of amides is 1. The van der Waals surface area contributed by atoms with E-state index in [2.05, 4.69) is 11.4 Å². The van der Waals surface area contributed by atoms with Gasteiger partial charge in [0.15, 0.2) is 0 Å². The van der Waals surface area contributed by atoms with Crippen LogP contribution >= 0.6 is 23.4 Å². The van der Waals surface area contributed by atoms with Crippen LogP contribution in [0, 0.1) is 17.1 Å². The first-order valence-corrected chi connectivity index (χ1v) is 9.01. The number of nitrogens with one attached hydrogen (secondary N) is 1. The second-order valence-electron chi connectivity index (χ2n) is 5.56. The second kappa shape index (κ2) is 7.73. The topological polar surface area (TPSA) is 52.9 Å². The predicted molar refractivity (Wildman–Crippen MR) is 97.3 cm³/mol. The molecule has 0 radical (unpaired) electrons. The van der Waals surface area contributed by atoms with Gasteiger partial charge in [0.1, 0.15) is 5.82 Å². The van der Waals surface area contributed by atoms with Crippen LogP contribution in [0.2, 0.25) is 5.02 Å². The van der Waals surface area contributed by atoms with E-state index in [-0.39, 0.29) is 12.3 Å². The number of nitriles is 1. The van der Waals surface area contributed by atoms with Gasteiger partial charge in [-0.25, -0.2) is 4.39 Å². The van der Waals surface area contributed by atoms with Crippen LogP contribution in [0.25, 0.3) is 0 Å². The van der Waals surface area contributed by atoms with Gasteiger partial charge in [0.2, 0.25) is 5.91 Å². The molecule has 1 amide bonds. The van der Waals surface area contributed by atoms with Crippen molar-refractivity contribution in [1.29, 1.82) is 5.26 Å². The summed E-state index contributed by atoms with van der Waals surface area (Å²) in [6.07, 6.45) is 0.0555. The molecule has 3 nitrogen and oxygen atoms in total. The van der Waals surface area contributed by atoms with Gasteiger partial charge in [-0.2, -0.15) is 5.26 Å². The Morgan fingerprint density at radius 3 is 2.68 bits per heavy atom. The van der Waals surface area contributed by atoms with Gasteiger partial charge < -0.3 is 5.32 Å². The zero-order valence-corrected chi connectivity index (χ0v) is 14.7. The summed E-state index contributed by atoms with van der Waals surface area (Å²) in [5.74, 6) is -0.710. The summed E-state index contributed by atoms with van der Waals surface area (Å²) < 4.78 is 14.2. The van der Waals surface area contributed by atoms with Crippen molar-refractivity contribution < 1.29 is 9.18 Å². The number of rotatable bonds is 4. The fourth-order valence-electron chi connectivity index (χ4n) is 2.72. The molecule has 1 aliphatic rings. The molecule has 0 spiro atoms. The van der Waals surface area contributed by atoms with Crippen LogP contribution in [0.1, 0.15) is 23.5 Å². The molecule has 25 heavy (non-hydrogen) atoms. The Labute approximate surface area is 154 Å². The van der Waals surface area contributed by atoms with Crippen molar-refractivity contribution in [1.82, 2.24) is 5.32 Å². The maximum absolute atomic E-state index is 14.2. The number of carbonyl (C=O) groups is 1. The third kappa shape index (κ3) is 3.87. The van der Waals surface area contributed by atoms with E-state index in [0.29, 0.717) is 26.9 Å². The van der Waals surface area contributed by atoms with Gasteiger partial charge in [0, 0.05) is 23.1 Å². The summed E-state index contributed by atoms with van der Waals surface area (Å²) in [7, 11) is 0. The molecule has 1 N–H and O–H groups in total. The van der Waals surface area contributed by atoms with Crippen LogP contribution < -0.4 is 5.32 Å². The second-order valence-corrected chi connectivity index (χ2v) is 6.95. The fourth-order valence-corrected chi connectivity index (χ4v) is 4.08.